The van der Waals surface area contributed by atoms with Crippen molar-refractivity contribution < 1.29 is 80.2 Å². The molecule has 0 spiro atoms. The average Bonchev–Trinajstić information content (AvgIpc) is 0.992. The molecule has 594 valence electrons. The molecule has 0 amide bonds. The molecule has 0 aliphatic rings. The van der Waals surface area contributed by atoms with Crippen LogP contribution in [0.2, 0.25) is 0 Å². The molecule has 0 bridgehead atoms. The number of carbonyl (C=O) groups is 4. The van der Waals surface area contributed by atoms with Crippen LogP contribution in [0.1, 0.15) is 415 Å². The summed E-state index contributed by atoms with van der Waals surface area (Å²) in [6.45, 7) is 14.3. The van der Waals surface area contributed by atoms with Gasteiger partial charge in [0, 0.05) is 25.7 Å². The van der Waals surface area contributed by atoms with Gasteiger partial charge in [0.05, 0.1) is 26.4 Å². The van der Waals surface area contributed by atoms with Gasteiger partial charge < -0.3 is 33.8 Å². The number of phosphoric acid groups is 2. The molecular formula is C81H158O17P2. The van der Waals surface area contributed by atoms with Crippen molar-refractivity contribution in [2.75, 3.05) is 39.6 Å². The van der Waals surface area contributed by atoms with Crippen LogP contribution in [0.25, 0.3) is 0 Å². The lowest BCUT2D eigenvalue weighted by Gasteiger charge is -2.21. The van der Waals surface area contributed by atoms with Crippen LogP contribution in [0.5, 0.6) is 0 Å². The van der Waals surface area contributed by atoms with Crippen LogP contribution >= 0.6 is 15.6 Å². The van der Waals surface area contributed by atoms with Crippen LogP contribution in [-0.2, 0) is 65.4 Å². The second-order valence-corrected chi connectivity index (χ2v) is 33.3. The minimum Gasteiger partial charge on any atom is -0.462 e. The fraction of sp³-hybridized carbons (Fsp3) is 0.951. The second-order valence-electron chi connectivity index (χ2n) is 30.4. The minimum atomic E-state index is -4.96. The van der Waals surface area contributed by atoms with Crippen molar-refractivity contribution in [1.82, 2.24) is 0 Å². The molecule has 0 aromatic carbocycles. The topological polar surface area (TPSA) is 237 Å². The van der Waals surface area contributed by atoms with Gasteiger partial charge in [0.25, 0.3) is 0 Å². The lowest BCUT2D eigenvalue weighted by molar-refractivity contribution is -0.161. The van der Waals surface area contributed by atoms with Crippen molar-refractivity contribution in [3.8, 4) is 0 Å². The van der Waals surface area contributed by atoms with Gasteiger partial charge in [-0.15, -0.1) is 0 Å². The Bertz CT molecular complexity index is 1960. The van der Waals surface area contributed by atoms with Gasteiger partial charge in [-0.3, -0.25) is 37.3 Å². The first-order chi connectivity index (χ1) is 48.2. The first kappa shape index (κ1) is 98.1. The van der Waals surface area contributed by atoms with Crippen LogP contribution < -0.4 is 0 Å². The van der Waals surface area contributed by atoms with Gasteiger partial charge in [0.15, 0.2) is 12.2 Å². The Morgan fingerprint density at radius 1 is 0.280 bits per heavy atom. The molecule has 0 heterocycles. The predicted octanol–water partition coefficient (Wildman–Crippen LogP) is 24.0. The van der Waals surface area contributed by atoms with Gasteiger partial charge in [-0.05, 0) is 49.4 Å². The average molecular weight is 1470 g/mol. The van der Waals surface area contributed by atoms with Gasteiger partial charge in [0.1, 0.15) is 19.3 Å². The predicted molar refractivity (Wildman–Crippen MR) is 409 cm³/mol. The molecule has 0 fully saturated rings. The van der Waals surface area contributed by atoms with Crippen molar-refractivity contribution in [3.05, 3.63) is 0 Å². The number of hydrogen-bond acceptors (Lipinski definition) is 15. The summed E-state index contributed by atoms with van der Waals surface area (Å²) in [6, 6.07) is 0. The van der Waals surface area contributed by atoms with E-state index in [-0.39, 0.29) is 25.7 Å². The smallest absolute Gasteiger partial charge is 0.462 e. The fourth-order valence-corrected chi connectivity index (χ4v) is 13.9. The van der Waals surface area contributed by atoms with Crippen molar-refractivity contribution in [3.63, 3.8) is 0 Å². The fourth-order valence-electron chi connectivity index (χ4n) is 12.3. The van der Waals surface area contributed by atoms with Crippen LogP contribution in [-0.4, -0.2) is 96.7 Å². The van der Waals surface area contributed by atoms with E-state index in [4.69, 9.17) is 37.0 Å². The van der Waals surface area contributed by atoms with Crippen molar-refractivity contribution in [2.24, 2.45) is 23.7 Å². The van der Waals surface area contributed by atoms with E-state index in [1.54, 1.807) is 0 Å². The molecule has 17 nitrogen and oxygen atoms in total. The van der Waals surface area contributed by atoms with E-state index in [2.05, 4.69) is 55.4 Å². The molecule has 0 saturated carbocycles. The summed E-state index contributed by atoms with van der Waals surface area (Å²) in [5.74, 6) is 1.07. The number of carbonyl (C=O) groups excluding carboxylic acids is 4. The highest BCUT2D eigenvalue weighted by molar-refractivity contribution is 7.47. The lowest BCUT2D eigenvalue weighted by atomic mass is 9.99. The van der Waals surface area contributed by atoms with E-state index < -0.39 is 97.5 Å². The standard InChI is InChI=1S/C81H158O17P2/c1-9-72(6)58-50-42-34-26-20-18-16-14-12-13-15-17-19-21-30-38-47-55-63-80(85)97-76(67-91-78(83)61-53-45-37-29-24-22-27-35-43-51-59-73(7)10-2)69-95-99(87,88)93-65-75(82)66-94-100(89,90)96-70-77(68-92-79(84)62-54-46-40-32-33-41-49-57-71(4)5)98-81(86)64-56-48-39-31-25-23-28-36-44-52-60-74(8)11-3/h71-77,82H,9-70H2,1-8H3,(H,87,88)(H,89,90)/t72?,73?,74?,75?,76-,77-/m1/s1. The van der Waals surface area contributed by atoms with Gasteiger partial charge in [0.2, 0.25) is 0 Å². The van der Waals surface area contributed by atoms with Crippen LogP contribution in [0.4, 0.5) is 0 Å². The molecule has 19 heteroatoms. The molecule has 8 atom stereocenters. The molecule has 0 radical (unpaired) electrons. The Labute approximate surface area is 613 Å². The van der Waals surface area contributed by atoms with E-state index in [1.807, 2.05) is 0 Å². The molecule has 0 rings (SSSR count). The second kappa shape index (κ2) is 70.1. The third kappa shape index (κ3) is 70.4. The van der Waals surface area contributed by atoms with E-state index in [0.29, 0.717) is 31.6 Å². The molecular weight excluding hydrogens is 1310 g/mol. The van der Waals surface area contributed by atoms with Gasteiger partial charge in [-0.25, -0.2) is 9.13 Å². The Balaban J connectivity index is 5.22. The maximum Gasteiger partial charge on any atom is 0.472 e. The summed E-state index contributed by atoms with van der Waals surface area (Å²) in [6.07, 6.45) is 56.8. The summed E-state index contributed by atoms with van der Waals surface area (Å²) < 4.78 is 68.7. The summed E-state index contributed by atoms with van der Waals surface area (Å²) in [7, 11) is -9.92. The third-order valence-corrected chi connectivity index (χ3v) is 21.8. The number of hydrogen-bond donors (Lipinski definition) is 3. The number of aliphatic hydroxyl groups excluding tert-OH is 1. The third-order valence-electron chi connectivity index (χ3n) is 19.9. The number of unbranched alkanes of at least 4 members (excludes halogenated alkanes) is 41. The Hall–Kier alpha value is -1.94. The first-order valence-corrected chi connectivity index (χ1v) is 44.8. The zero-order valence-electron chi connectivity index (χ0n) is 65.8. The van der Waals surface area contributed by atoms with E-state index in [1.165, 1.54) is 212 Å². The summed E-state index contributed by atoms with van der Waals surface area (Å²) >= 11 is 0. The molecule has 0 saturated heterocycles. The van der Waals surface area contributed by atoms with Crippen LogP contribution in [0.3, 0.4) is 0 Å². The number of ether oxygens (including phenoxy) is 4. The molecule has 0 aromatic rings. The monoisotopic (exact) mass is 1470 g/mol. The van der Waals surface area contributed by atoms with E-state index in [9.17, 15) is 43.2 Å². The van der Waals surface area contributed by atoms with Gasteiger partial charge in [-0.2, -0.15) is 0 Å². The van der Waals surface area contributed by atoms with Gasteiger partial charge in [-0.1, -0.05) is 364 Å². The number of phosphoric ester groups is 2. The number of esters is 4. The molecule has 100 heavy (non-hydrogen) atoms. The quantitative estimate of drug-likeness (QED) is 0.0222. The SMILES string of the molecule is CCC(C)CCCCCCCCCCCCCCCCCCCCC(=O)O[C@H](COC(=O)CCCCCCCCCCCCC(C)CC)COP(=O)(O)OCC(O)COP(=O)(O)OC[C@@H](COC(=O)CCCCCCCCCC(C)C)OC(=O)CCCCCCCCCCCCC(C)CC. The summed E-state index contributed by atoms with van der Waals surface area (Å²) in [5, 5.41) is 10.6. The van der Waals surface area contributed by atoms with E-state index in [0.717, 1.165) is 114 Å². The van der Waals surface area contributed by atoms with Crippen molar-refractivity contribution >= 4 is 39.5 Å². The molecule has 0 aliphatic heterocycles. The van der Waals surface area contributed by atoms with E-state index >= 15 is 0 Å². The molecule has 0 aliphatic carbocycles. The van der Waals surface area contributed by atoms with Gasteiger partial charge >= 0.3 is 39.5 Å². The maximum absolute atomic E-state index is 13.1. The Morgan fingerprint density at radius 2 is 0.480 bits per heavy atom. The highest BCUT2D eigenvalue weighted by atomic mass is 31.2. The van der Waals surface area contributed by atoms with Crippen molar-refractivity contribution in [2.45, 2.75) is 433 Å². The van der Waals surface area contributed by atoms with Crippen LogP contribution in [0, 0.1) is 23.7 Å². The Kier molecular flexibility index (Phi) is 68.7. The highest BCUT2D eigenvalue weighted by Crippen LogP contribution is 2.45. The molecule has 0 aromatic heterocycles. The molecule has 6 unspecified atom stereocenters. The normalized spacial score (nSPS) is 14.8. The lowest BCUT2D eigenvalue weighted by Crippen LogP contribution is -2.30. The number of rotatable bonds is 78. The number of aliphatic hydroxyl groups is 1. The zero-order chi connectivity index (χ0) is 73.8. The largest absolute Gasteiger partial charge is 0.472 e. The summed E-state index contributed by atoms with van der Waals surface area (Å²) in [4.78, 5) is 73.0. The van der Waals surface area contributed by atoms with Crippen LogP contribution in [0.15, 0.2) is 0 Å². The zero-order valence-corrected chi connectivity index (χ0v) is 67.6. The maximum atomic E-state index is 13.1. The summed E-state index contributed by atoms with van der Waals surface area (Å²) in [5.41, 5.74) is 0. The minimum absolute atomic E-state index is 0.105. The Morgan fingerprint density at radius 3 is 0.710 bits per heavy atom. The first-order valence-electron chi connectivity index (χ1n) is 41.8. The van der Waals surface area contributed by atoms with Crippen molar-refractivity contribution in [1.29, 1.82) is 0 Å². The highest BCUT2D eigenvalue weighted by Gasteiger charge is 2.30. The molecule has 3 N–H and O–H groups in total.